The van der Waals surface area contributed by atoms with E-state index in [9.17, 15) is 9.90 Å². The Hall–Kier alpha value is -4.27. The molecule has 4 rings (SSSR count). The van der Waals surface area contributed by atoms with Gasteiger partial charge in [-0.1, -0.05) is 48.5 Å². The fourth-order valence-corrected chi connectivity index (χ4v) is 3.50. The molecule has 172 valence electrons. The van der Waals surface area contributed by atoms with Gasteiger partial charge in [-0.3, -0.25) is 9.63 Å². The first-order valence-electron chi connectivity index (χ1n) is 10.7. The molecular formula is C26H24N4O4. The van der Waals surface area contributed by atoms with E-state index < -0.39 is 5.91 Å². The highest BCUT2D eigenvalue weighted by molar-refractivity contribution is 6.12. The molecule has 0 bridgehead atoms. The van der Waals surface area contributed by atoms with Crippen LogP contribution < -0.4 is 16.0 Å². The second kappa shape index (κ2) is 10.6. The third kappa shape index (κ3) is 5.03. The van der Waals surface area contributed by atoms with Gasteiger partial charge in [0.15, 0.2) is 5.75 Å². The molecule has 0 spiro atoms. The van der Waals surface area contributed by atoms with Crippen LogP contribution in [0.5, 0.6) is 11.5 Å². The topological polar surface area (TPSA) is 119 Å². The molecule has 4 aromatic carbocycles. The maximum atomic E-state index is 13.1. The number of azo groups is 1. The lowest BCUT2D eigenvalue weighted by molar-refractivity contribution is 0.102. The fourth-order valence-electron chi connectivity index (χ4n) is 3.50. The van der Waals surface area contributed by atoms with Crippen LogP contribution in [-0.4, -0.2) is 17.6 Å². The van der Waals surface area contributed by atoms with Gasteiger partial charge in [0.05, 0.1) is 30.2 Å². The van der Waals surface area contributed by atoms with E-state index in [-0.39, 0.29) is 23.6 Å². The lowest BCUT2D eigenvalue weighted by Gasteiger charge is -2.13. The van der Waals surface area contributed by atoms with E-state index in [0.717, 1.165) is 10.9 Å². The molecule has 1 amide bonds. The number of para-hydroxylation sites is 2. The highest BCUT2D eigenvalue weighted by Gasteiger charge is 2.19. The number of carbonyl (C=O) groups is 1. The number of hydrogen-bond acceptors (Lipinski definition) is 7. The Kier molecular flexibility index (Phi) is 7.12. The number of fused-ring (bicyclic) bond motifs is 1. The van der Waals surface area contributed by atoms with Gasteiger partial charge in [-0.2, -0.15) is 5.11 Å². The van der Waals surface area contributed by atoms with Gasteiger partial charge in [0.2, 0.25) is 0 Å². The number of carbonyl (C=O) groups excluding carboxylic acids is 1. The quantitative estimate of drug-likeness (QED) is 0.222. The van der Waals surface area contributed by atoms with E-state index in [1.807, 2.05) is 49.4 Å². The lowest BCUT2D eigenvalue weighted by Crippen LogP contribution is -2.13. The molecule has 34 heavy (non-hydrogen) atoms. The summed E-state index contributed by atoms with van der Waals surface area (Å²) in [4.78, 5) is 17.8. The molecule has 0 fully saturated rings. The molecule has 0 aliphatic heterocycles. The number of anilines is 1. The number of phenolic OH excluding ortho intramolecular Hbond substituents is 1. The van der Waals surface area contributed by atoms with Gasteiger partial charge in [0, 0.05) is 5.39 Å². The molecule has 8 nitrogen and oxygen atoms in total. The SMILES string of the molecule is CCOc1ccccc1NC(=O)c1cc2ccccc2c(N=Nc2ccc(CON)cc2)c1O. The van der Waals surface area contributed by atoms with E-state index in [0.29, 0.717) is 29.1 Å². The van der Waals surface area contributed by atoms with Crippen LogP contribution in [0, 0.1) is 0 Å². The summed E-state index contributed by atoms with van der Waals surface area (Å²) in [6, 6.07) is 23.3. The minimum absolute atomic E-state index is 0.0781. The van der Waals surface area contributed by atoms with Crippen LogP contribution in [0.1, 0.15) is 22.8 Å². The average molecular weight is 457 g/mol. The van der Waals surface area contributed by atoms with E-state index >= 15 is 0 Å². The van der Waals surface area contributed by atoms with Crippen molar-refractivity contribution >= 4 is 33.7 Å². The molecule has 0 aromatic heterocycles. The molecule has 0 saturated heterocycles. The zero-order chi connectivity index (χ0) is 23.9. The summed E-state index contributed by atoms with van der Waals surface area (Å²) < 4.78 is 5.58. The highest BCUT2D eigenvalue weighted by atomic mass is 16.6. The molecule has 0 atom stereocenters. The Morgan fingerprint density at radius 1 is 1.00 bits per heavy atom. The predicted octanol–water partition coefficient (Wildman–Crippen LogP) is 6.00. The zero-order valence-corrected chi connectivity index (χ0v) is 18.6. The Balaban J connectivity index is 1.70. The number of benzene rings is 4. The van der Waals surface area contributed by atoms with Crippen molar-refractivity contribution in [2.45, 2.75) is 13.5 Å². The number of phenols is 1. The molecule has 4 N–H and O–H groups in total. The number of ether oxygens (including phenoxy) is 1. The minimum Gasteiger partial charge on any atom is -0.505 e. The van der Waals surface area contributed by atoms with Gasteiger partial charge >= 0.3 is 0 Å². The van der Waals surface area contributed by atoms with Crippen molar-refractivity contribution < 1.29 is 19.5 Å². The van der Waals surface area contributed by atoms with Crippen LogP contribution >= 0.6 is 0 Å². The average Bonchev–Trinajstić information content (AvgIpc) is 2.85. The second-order valence-corrected chi connectivity index (χ2v) is 7.40. The van der Waals surface area contributed by atoms with Crippen LogP contribution in [0.2, 0.25) is 0 Å². The summed E-state index contributed by atoms with van der Waals surface area (Å²) in [6.45, 7) is 2.61. The third-order valence-electron chi connectivity index (χ3n) is 5.13. The molecule has 0 heterocycles. The first kappa shape index (κ1) is 22.9. The lowest BCUT2D eigenvalue weighted by atomic mass is 10.0. The van der Waals surface area contributed by atoms with Gasteiger partial charge in [0.1, 0.15) is 11.4 Å². The molecule has 4 aromatic rings. The third-order valence-corrected chi connectivity index (χ3v) is 5.13. The van der Waals surface area contributed by atoms with Gasteiger partial charge in [-0.15, -0.1) is 5.11 Å². The van der Waals surface area contributed by atoms with Crippen LogP contribution in [-0.2, 0) is 11.4 Å². The molecule has 0 radical (unpaired) electrons. The van der Waals surface area contributed by atoms with Crippen LogP contribution in [0.15, 0.2) is 89.1 Å². The van der Waals surface area contributed by atoms with Crippen LogP contribution in [0.25, 0.3) is 10.8 Å². The summed E-state index contributed by atoms with van der Waals surface area (Å²) >= 11 is 0. The summed E-state index contributed by atoms with van der Waals surface area (Å²) in [7, 11) is 0. The standard InChI is InChI=1S/C26H24N4O4/c1-2-33-23-10-6-5-9-22(23)28-26(32)21-15-18-7-3-4-8-20(18)24(25(21)31)30-29-19-13-11-17(12-14-19)16-34-27/h3-15,31H,2,16,27H2,1H3,(H,28,32). The van der Waals surface area contributed by atoms with Crippen molar-refractivity contribution in [2.24, 2.45) is 16.1 Å². The first-order valence-corrected chi connectivity index (χ1v) is 10.7. The number of rotatable bonds is 8. The molecule has 0 aliphatic carbocycles. The summed E-state index contributed by atoms with van der Waals surface area (Å²) in [5.74, 6) is 4.90. The van der Waals surface area contributed by atoms with Gasteiger partial charge in [-0.25, -0.2) is 5.90 Å². The van der Waals surface area contributed by atoms with Crippen molar-refractivity contribution in [2.75, 3.05) is 11.9 Å². The van der Waals surface area contributed by atoms with Crippen LogP contribution in [0.4, 0.5) is 17.1 Å². The Morgan fingerprint density at radius 2 is 1.74 bits per heavy atom. The summed E-state index contributed by atoms with van der Waals surface area (Å²) in [5, 5.41) is 23.8. The van der Waals surface area contributed by atoms with E-state index in [1.54, 1.807) is 36.4 Å². The Morgan fingerprint density at radius 3 is 2.50 bits per heavy atom. The van der Waals surface area contributed by atoms with Crippen LogP contribution in [0.3, 0.4) is 0 Å². The Bertz CT molecular complexity index is 1340. The normalized spacial score (nSPS) is 11.1. The predicted molar refractivity (Wildman–Crippen MR) is 131 cm³/mol. The maximum Gasteiger partial charge on any atom is 0.259 e. The molecule has 8 heteroatoms. The van der Waals surface area contributed by atoms with Crippen molar-refractivity contribution in [3.05, 3.63) is 90.0 Å². The highest BCUT2D eigenvalue weighted by Crippen LogP contribution is 2.40. The van der Waals surface area contributed by atoms with Crippen molar-refractivity contribution in [3.8, 4) is 11.5 Å². The smallest absolute Gasteiger partial charge is 0.259 e. The zero-order valence-electron chi connectivity index (χ0n) is 18.6. The number of nitrogens with two attached hydrogens (primary N) is 1. The number of hydrogen-bond donors (Lipinski definition) is 3. The summed E-state index contributed by atoms with van der Waals surface area (Å²) in [6.07, 6.45) is 0. The van der Waals surface area contributed by atoms with Crippen molar-refractivity contribution in [1.29, 1.82) is 0 Å². The molecule has 0 aliphatic rings. The Labute approximate surface area is 196 Å². The second-order valence-electron chi connectivity index (χ2n) is 7.40. The summed E-state index contributed by atoms with van der Waals surface area (Å²) in [5.41, 5.74) is 2.25. The largest absolute Gasteiger partial charge is 0.505 e. The van der Waals surface area contributed by atoms with Gasteiger partial charge in [-0.05, 0) is 48.2 Å². The minimum atomic E-state index is -0.488. The van der Waals surface area contributed by atoms with E-state index in [4.69, 9.17) is 10.6 Å². The first-order chi connectivity index (χ1) is 16.6. The van der Waals surface area contributed by atoms with Gasteiger partial charge < -0.3 is 15.2 Å². The number of nitrogens with zero attached hydrogens (tertiary/aromatic N) is 2. The maximum absolute atomic E-state index is 13.1. The van der Waals surface area contributed by atoms with E-state index in [2.05, 4.69) is 20.4 Å². The molecule has 0 saturated carbocycles. The number of aromatic hydroxyl groups is 1. The van der Waals surface area contributed by atoms with Crippen molar-refractivity contribution in [3.63, 3.8) is 0 Å². The number of amides is 1. The number of nitrogens with one attached hydrogen (secondary N) is 1. The van der Waals surface area contributed by atoms with Crippen molar-refractivity contribution in [1.82, 2.24) is 0 Å². The molecular weight excluding hydrogens is 432 g/mol. The van der Waals surface area contributed by atoms with E-state index in [1.165, 1.54) is 0 Å². The van der Waals surface area contributed by atoms with Gasteiger partial charge in [0.25, 0.3) is 5.91 Å². The monoisotopic (exact) mass is 456 g/mol. The fraction of sp³-hybridized carbons (Fsp3) is 0.115. The molecule has 0 unspecified atom stereocenters.